The zero-order valence-electron chi connectivity index (χ0n) is 8.18. The Kier molecular flexibility index (Phi) is 2.58. The van der Waals surface area contributed by atoms with Gasteiger partial charge in [-0.2, -0.15) is 0 Å². The number of hydrogen-bond donors (Lipinski definition) is 0. The highest BCUT2D eigenvalue weighted by Crippen LogP contribution is 2.38. The topological polar surface area (TPSA) is 9.23 Å². The first kappa shape index (κ1) is 9.05. The lowest BCUT2D eigenvalue weighted by Gasteiger charge is -2.40. The molecule has 0 aromatic carbocycles. The minimum atomic E-state index is 0.395. The second kappa shape index (κ2) is 3.14. The van der Waals surface area contributed by atoms with E-state index in [1.807, 2.05) is 0 Å². The maximum absolute atomic E-state index is 5.47. The maximum atomic E-state index is 5.47. The van der Waals surface area contributed by atoms with Crippen LogP contribution in [0.2, 0.25) is 0 Å². The highest BCUT2D eigenvalue weighted by molar-refractivity contribution is 4.82. The van der Waals surface area contributed by atoms with Crippen molar-refractivity contribution in [2.75, 3.05) is 13.2 Å². The normalized spacial score (nSPS) is 30.8. The van der Waals surface area contributed by atoms with Crippen LogP contribution in [0.3, 0.4) is 0 Å². The minimum Gasteiger partial charge on any atom is -0.381 e. The van der Waals surface area contributed by atoms with E-state index in [9.17, 15) is 0 Å². The number of ether oxygens (including phenoxy) is 1. The van der Waals surface area contributed by atoms with Gasteiger partial charge in [0.25, 0.3) is 0 Å². The van der Waals surface area contributed by atoms with Crippen molar-refractivity contribution in [1.82, 2.24) is 0 Å². The van der Waals surface area contributed by atoms with Crippen LogP contribution >= 0.6 is 0 Å². The Hall–Kier alpha value is -0.0400. The Balaban J connectivity index is 2.60. The van der Waals surface area contributed by atoms with E-state index in [0.717, 1.165) is 25.0 Å². The summed E-state index contributed by atoms with van der Waals surface area (Å²) in [4.78, 5) is 0. The molecule has 0 N–H and O–H groups in total. The molecule has 1 saturated heterocycles. The summed E-state index contributed by atoms with van der Waals surface area (Å²) < 4.78 is 5.47. The molecule has 66 valence electrons. The fourth-order valence-corrected chi connectivity index (χ4v) is 2.28. The van der Waals surface area contributed by atoms with Gasteiger partial charge in [-0.25, -0.2) is 0 Å². The van der Waals surface area contributed by atoms with Gasteiger partial charge in [-0.15, -0.1) is 0 Å². The van der Waals surface area contributed by atoms with Gasteiger partial charge in [0.1, 0.15) is 0 Å². The van der Waals surface area contributed by atoms with Crippen LogP contribution < -0.4 is 0 Å². The Morgan fingerprint density at radius 1 is 1.36 bits per heavy atom. The van der Waals surface area contributed by atoms with Crippen molar-refractivity contribution in [2.24, 2.45) is 17.3 Å². The predicted octanol–water partition coefficient (Wildman–Crippen LogP) is 2.71. The molecule has 1 nitrogen and oxygen atoms in total. The third kappa shape index (κ3) is 1.96. The first-order chi connectivity index (χ1) is 5.04. The largest absolute Gasteiger partial charge is 0.381 e. The van der Waals surface area contributed by atoms with Crippen LogP contribution in [0.4, 0.5) is 0 Å². The zero-order chi connectivity index (χ0) is 8.48. The molecule has 0 radical (unpaired) electrons. The fraction of sp³-hybridized carbons (Fsp3) is 1.00. The van der Waals surface area contributed by atoms with Crippen LogP contribution in [0.1, 0.15) is 34.1 Å². The Morgan fingerprint density at radius 2 is 2.00 bits per heavy atom. The van der Waals surface area contributed by atoms with E-state index in [2.05, 4.69) is 27.7 Å². The van der Waals surface area contributed by atoms with Gasteiger partial charge in [-0.05, 0) is 23.7 Å². The van der Waals surface area contributed by atoms with Gasteiger partial charge in [-0.1, -0.05) is 27.7 Å². The van der Waals surface area contributed by atoms with E-state index in [1.165, 1.54) is 6.42 Å². The molecule has 0 spiro atoms. The molecule has 1 fully saturated rings. The number of hydrogen-bond acceptors (Lipinski definition) is 1. The van der Waals surface area contributed by atoms with Crippen LogP contribution in [0.5, 0.6) is 0 Å². The first-order valence-electron chi connectivity index (χ1n) is 4.62. The van der Waals surface area contributed by atoms with Gasteiger partial charge in [0.2, 0.25) is 0 Å². The average Bonchev–Trinajstić information content (AvgIpc) is 1.85. The molecule has 11 heavy (non-hydrogen) atoms. The molecular weight excluding hydrogens is 136 g/mol. The lowest BCUT2D eigenvalue weighted by Crippen LogP contribution is -2.37. The van der Waals surface area contributed by atoms with Crippen molar-refractivity contribution < 1.29 is 4.74 Å². The third-order valence-electron chi connectivity index (χ3n) is 2.86. The van der Waals surface area contributed by atoms with Gasteiger partial charge in [-0.3, -0.25) is 0 Å². The molecule has 0 amide bonds. The molecule has 0 aliphatic carbocycles. The van der Waals surface area contributed by atoms with E-state index in [1.54, 1.807) is 0 Å². The SMILES string of the molecule is CC(C)[C@H]1CCOCC1(C)C. The molecule has 1 aliphatic heterocycles. The summed E-state index contributed by atoms with van der Waals surface area (Å²) in [7, 11) is 0. The van der Waals surface area contributed by atoms with Crippen molar-refractivity contribution in [3.63, 3.8) is 0 Å². The summed E-state index contributed by atoms with van der Waals surface area (Å²) in [5.74, 6) is 1.64. The summed E-state index contributed by atoms with van der Waals surface area (Å²) in [5, 5.41) is 0. The van der Waals surface area contributed by atoms with Gasteiger partial charge < -0.3 is 4.74 Å². The Labute approximate surface area is 70.1 Å². The van der Waals surface area contributed by atoms with Crippen molar-refractivity contribution in [2.45, 2.75) is 34.1 Å². The third-order valence-corrected chi connectivity index (χ3v) is 2.86. The second-order valence-electron chi connectivity index (χ2n) is 4.68. The van der Waals surface area contributed by atoms with E-state index in [4.69, 9.17) is 4.74 Å². The molecule has 1 aliphatic rings. The first-order valence-corrected chi connectivity index (χ1v) is 4.62. The Bertz CT molecular complexity index is 127. The van der Waals surface area contributed by atoms with Gasteiger partial charge >= 0.3 is 0 Å². The van der Waals surface area contributed by atoms with E-state index in [-0.39, 0.29) is 0 Å². The summed E-state index contributed by atoms with van der Waals surface area (Å²) in [6.45, 7) is 11.2. The lowest BCUT2D eigenvalue weighted by molar-refractivity contribution is -0.0473. The summed E-state index contributed by atoms with van der Waals surface area (Å²) in [5.41, 5.74) is 0.395. The smallest absolute Gasteiger partial charge is 0.0519 e. The number of rotatable bonds is 1. The molecule has 1 heteroatoms. The molecule has 0 bridgehead atoms. The zero-order valence-corrected chi connectivity index (χ0v) is 8.18. The summed E-state index contributed by atoms with van der Waals surface area (Å²) in [6.07, 6.45) is 1.24. The average molecular weight is 156 g/mol. The van der Waals surface area contributed by atoms with E-state index >= 15 is 0 Å². The van der Waals surface area contributed by atoms with Crippen LogP contribution in [0.25, 0.3) is 0 Å². The summed E-state index contributed by atoms with van der Waals surface area (Å²) in [6, 6.07) is 0. The molecule has 1 rings (SSSR count). The highest BCUT2D eigenvalue weighted by atomic mass is 16.5. The molecule has 1 atom stereocenters. The van der Waals surface area contributed by atoms with Crippen LogP contribution in [-0.4, -0.2) is 13.2 Å². The van der Waals surface area contributed by atoms with Crippen LogP contribution in [0, 0.1) is 17.3 Å². The molecule has 0 aromatic heterocycles. The van der Waals surface area contributed by atoms with Crippen molar-refractivity contribution in [3.8, 4) is 0 Å². The quantitative estimate of drug-likeness (QED) is 0.567. The maximum Gasteiger partial charge on any atom is 0.0519 e. The molecule has 0 unspecified atom stereocenters. The van der Waals surface area contributed by atoms with Crippen molar-refractivity contribution >= 4 is 0 Å². The molecule has 0 aromatic rings. The van der Waals surface area contributed by atoms with Crippen molar-refractivity contribution in [3.05, 3.63) is 0 Å². The Morgan fingerprint density at radius 3 is 2.36 bits per heavy atom. The molecule has 1 heterocycles. The highest BCUT2D eigenvalue weighted by Gasteiger charge is 2.34. The van der Waals surface area contributed by atoms with E-state index < -0.39 is 0 Å². The van der Waals surface area contributed by atoms with Crippen molar-refractivity contribution in [1.29, 1.82) is 0 Å². The monoisotopic (exact) mass is 156 g/mol. The fourth-order valence-electron chi connectivity index (χ4n) is 2.28. The lowest BCUT2D eigenvalue weighted by atomic mass is 9.71. The van der Waals surface area contributed by atoms with Crippen LogP contribution in [-0.2, 0) is 4.74 Å². The summed E-state index contributed by atoms with van der Waals surface area (Å²) >= 11 is 0. The second-order valence-corrected chi connectivity index (χ2v) is 4.68. The molecular formula is C10H20O. The van der Waals surface area contributed by atoms with Crippen LogP contribution in [0.15, 0.2) is 0 Å². The predicted molar refractivity (Wildman–Crippen MR) is 47.5 cm³/mol. The van der Waals surface area contributed by atoms with Gasteiger partial charge in [0, 0.05) is 6.61 Å². The van der Waals surface area contributed by atoms with Gasteiger partial charge in [0.15, 0.2) is 0 Å². The standard InChI is InChI=1S/C10H20O/c1-8(2)9-5-6-11-7-10(9,3)4/h8-9H,5-7H2,1-4H3/t9-/m1/s1. The van der Waals surface area contributed by atoms with E-state index in [0.29, 0.717) is 5.41 Å². The molecule has 0 saturated carbocycles. The minimum absolute atomic E-state index is 0.395. The van der Waals surface area contributed by atoms with Gasteiger partial charge in [0.05, 0.1) is 6.61 Å².